The highest BCUT2D eigenvalue weighted by molar-refractivity contribution is 6.02. The van der Waals surface area contributed by atoms with Crippen LogP contribution in [0.2, 0.25) is 0 Å². The van der Waals surface area contributed by atoms with Gasteiger partial charge in [0.25, 0.3) is 0 Å². The molecular weight excluding hydrogens is 441 g/mol. The van der Waals surface area contributed by atoms with Gasteiger partial charge in [-0.05, 0) is 39.0 Å². The molecule has 34 heavy (non-hydrogen) atoms. The molecule has 1 aliphatic heterocycles. The van der Waals surface area contributed by atoms with E-state index in [1.165, 1.54) is 7.11 Å². The maximum atomic E-state index is 14.1. The predicted molar refractivity (Wildman–Crippen MR) is 125 cm³/mol. The van der Waals surface area contributed by atoms with Crippen LogP contribution in [-0.4, -0.2) is 31.8 Å². The van der Waals surface area contributed by atoms with Crippen molar-refractivity contribution in [1.29, 1.82) is 0 Å². The van der Waals surface area contributed by atoms with Gasteiger partial charge in [-0.3, -0.25) is 4.79 Å². The highest BCUT2D eigenvalue weighted by Crippen LogP contribution is 2.42. The van der Waals surface area contributed by atoms with Crippen LogP contribution in [-0.2, 0) is 19.1 Å². The second-order valence-electron chi connectivity index (χ2n) is 8.22. The fourth-order valence-electron chi connectivity index (χ4n) is 4.29. The van der Waals surface area contributed by atoms with Crippen LogP contribution >= 0.6 is 0 Å². The molecule has 0 fully saturated rings. The lowest BCUT2D eigenvalue weighted by molar-refractivity contribution is -0.143. The number of para-hydroxylation sites is 2. The third kappa shape index (κ3) is 3.85. The number of carbonyl (C=O) groups is 2. The number of esters is 2. The first-order valence-electron chi connectivity index (χ1n) is 10.8. The van der Waals surface area contributed by atoms with Crippen molar-refractivity contribution in [3.05, 3.63) is 80.8 Å². The van der Waals surface area contributed by atoms with E-state index in [2.05, 4.69) is 5.32 Å². The summed E-state index contributed by atoms with van der Waals surface area (Å²) in [6.07, 6.45) is -0.482. The quantitative estimate of drug-likeness (QED) is 0.445. The zero-order valence-electron chi connectivity index (χ0n) is 19.2. The smallest absolute Gasteiger partial charge is 0.337 e. The minimum Gasteiger partial charge on any atom is -0.466 e. The number of allylic oxidation sites excluding steroid dienone is 2. The van der Waals surface area contributed by atoms with E-state index in [1.807, 2.05) is 0 Å². The van der Waals surface area contributed by atoms with Gasteiger partial charge in [-0.25, -0.2) is 14.0 Å². The lowest BCUT2D eigenvalue weighted by atomic mass is 9.79. The van der Waals surface area contributed by atoms with Crippen LogP contribution in [0.3, 0.4) is 0 Å². The van der Waals surface area contributed by atoms with E-state index < -0.39 is 30.6 Å². The molecule has 4 rings (SSSR count). The van der Waals surface area contributed by atoms with Gasteiger partial charge in [-0.2, -0.15) is 0 Å². The lowest BCUT2D eigenvalue weighted by Gasteiger charge is -2.31. The van der Waals surface area contributed by atoms with Crippen LogP contribution in [0.1, 0.15) is 32.3 Å². The molecule has 0 saturated carbocycles. The monoisotopic (exact) mass is 465 g/mol. The van der Waals surface area contributed by atoms with Gasteiger partial charge in [0, 0.05) is 11.3 Å². The number of hydrogen-bond acceptors (Lipinski definition) is 7. The fourth-order valence-corrected chi connectivity index (χ4v) is 4.29. The summed E-state index contributed by atoms with van der Waals surface area (Å²) >= 11 is 0. The van der Waals surface area contributed by atoms with Crippen LogP contribution in [0, 0.1) is 0 Å². The van der Waals surface area contributed by atoms with Crippen molar-refractivity contribution in [2.45, 2.75) is 32.8 Å². The Balaban J connectivity index is 2.09. The SMILES string of the molecule is COC(=O)C1=C(C)NC(CF)=C(C(=O)OC(C)C)C1c1cccc2c(=O)c3ccccc3oc12. The molecule has 8 heteroatoms. The molecule has 0 aliphatic carbocycles. The summed E-state index contributed by atoms with van der Waals surface area (Å²) in [5.41, 5.74) is 0.955. The van der Waals surface area contributed by atoms with Gasteiger partial charge in [0.1, 0.15) is 17.8 Å². The Morgan fingerprint density at radius 3 is 2.44 bits per heavy atom. The third-order valence-corrected chi connectivity index (χ3v) is 5.69. The maximum Gasteiger partial charge on any atom is 0.337 e. The van der Waals surface area contributed by atoms with Crippen molar-refractivity contribution in [3.63, 3.8) is 0 Å². The van der Waals surface area contributed by atoms with E-state index in [4.69, 9.17) is 13.9 Å². The summed E-state index contributed by atoms with van der Waals surface area (Å²) in [5, 5.41) is 3.49. The molecule has 2 heterocycles. The highest BCUT2D eigenvalue weighted by atomic mass is 19.1. The Labute approximate surface area is 194 Å². The first-order valence-corrected chi connectivity index (χ1v) is 10.8. The van der Waals surface area contributed by atoms with E-state index in [0.29, 0.717) is 22.2 Å². The van der Waals surface area contributed by atoms with E-state index in [0.717, 1.165) is 0 Å². The largest absolute Gasteiger partial charge is 0.466 e. The number of dihydropyridines is 1. The van der Waals surface area contributed by atoms with E-state index >= 15 is 0 Å². The lowest BCUT2D eigenvalue weighted by Crippen LogP contribution is -2.34. The van der Waals surface area contributed by atoms with Crippen LogP contribution in [0.25, 0.3) is 21.9 Å². The molecule has 1 unspecified atom stereocenters. The standard InChI is InChI=1S/C26H24FNO6/c1-13(2)33-26(31)22-18(12-27)28-14(3)20(25(30)32-4)21(22)16-9-7-10-17-23(29)15-8-5-6-11-19(15)34-24(16)17/h5-11,13,21,28H,12H2,1-4H3. The van der Waals surface area contributed by atoms with Gasteiger partial charge in [-0.15, -0.1) is 0 Å². The molecule has 7 nitrogen and oxygen atoms in total. The number of alkyl halides is 1. The number of nitrogens with one attached hydrogen (secondary N) is 1. The minimum atomic E-state index is -1.08. The van der Waals surface area contributed by atoms with Crippen molar-refractivity contribution >= 4 is 33.9 Å². The Hall–Kier alpha value is -3.94. The number of methoxy groups -OCH3 is 1. The Morgan fingerprint density at radius 2 is 1.76 bits per heavy atom. The Kier molecular flexibility index (Phi) is 6.24. The summed E-state index contributed by atoms with van der Waals surface area (Å²) < 4.78 is 30.7. The maximum absolute atomic E-state index is 14.1. The summed E-state index contributed by atoms with van der Waals surface area (Å²) in [7, 11) is 1.22. The number of benzene rings is 2. The van der Waals surface area contributed by atoms with Crippen molar-refractivity contribution in [2.24, 2.45) is 0 Å². The minimum absolute atomic E-state index is 0.0269. The predicted octanol–water partition coefficient (Wildman–Crippen LogP) is 4.26. The molecule has 0 bridgehead atoms. The third-order valence-electron chi connectivity index (χ3n) is 5.69. The molecule has 0 amide bonds. The number of fused-ring (bicyclic) bond motifs is 2. The van der Waals surface area contributed by atoms with E-state index in [1.54, 1.807) is 63.2 Å². The van der Waals surface area contributed by atoms with Gasteiger partial charge in [0.05, 0.1) is 46.7 Å². The molecule has 0 spiro atoms. The van der Waals surface area contributed by atoms with Gasteiger partial charge in [-0.1, -0.05) is 24.3 Å². The van der Waals surface area contributed by atoms with Crippen LogP contribution in [0.4, 0.5) is 4.39 Å². The zero-order chi connectivity index (χ0) is 24.6. The van der Waals surface area contributed by atoms with Crippen molar-refractivity contribution in [3.8, 4) is 0 Å². The van der Waals surface area contributed by atoms with Crippen molar-refractivity contribution < 1.29 is 27.9 Å². The molecule has 1 aromatic heterocycles. The molecule has 2 aromatic carbocycles. The van der Waals surface area contributed by atoms with Crippen LogP contribution in [0.5, 0.6) is 0 Å². The fraction of sp³-hybridized carbons (Fsp3) is 0.269. The van der Waals surface area contributed by atoms with Crippen molar-refractivity contribution in [2.75, 3.05) is 13.8 Å². The molecular formula is C26H24FNO6. The number of halogens is 1. The number of hydrogen-bond donors (Lipinski definition) is 1. The topological polar surface area (TPSA) is 94.8 Å². The average molecular weight is 465 g/mol. The van der Waals surface area contributed by atoms with Gasteiger partial charge in [0.2, 0.25) is 5.43 Å². The van der Waals surface area contributed by atoms with Gasteiger partial charge >= 0.3 is 11.9 Å². The molecule has 0 saturated heterocycles. The average Bonchev–Trinajstić information content (AvgIpc) is 2.82. The Morgan fingerprint density at radius 1 is 1.06 bits per heavy atom. The number of carbonyl (C=O) groups excluding carboxylic acids is 2. The van der Waals surface area contributed by atoms with Crippen molar-refractivity contribution in [1.82, 2.24) is 5.32 Å². The number of ether oxygens (including phenoxy) is 2. The first-order chi connectivity index (χ1) is 16.3. The highest BCUT2D eigenvalue weighted by Gasteiger charge is 2.40. The molecule has 1 atom stereocenters. The summed E-state index contributed by atoms with van der Waals surface area (Å²) in [4.78, 5) is 39.3. The molecule has 3 aromatic rings. The van der Waals surface area contributed by atoms with Gasteiger partial charge in [0.15, 0.2) is 0 Å². The normalized spacial score (nSPS) is 16.2. The molecule has 176 valence electrons. The second-order valence-corrected chi connectivity index (χ2v) is 8.22. The van der Waals surface area contributed by atoms with Crippen LogP contribution < -0.4 is 10.7 Å². The first kappa shape index (κ1) is 23.2. The second kappa shape index (κ2) is 9.13. The molecule has 0 radical (unpaired) electrons. The van der Waals surface area contributed by atoms with Gasteiger partial charge < -0.3 is 19.2 Å². The molecule has 1 N–H and O–H groups in total. The number of rotatable bonds is 5. The summed E-state index contributed by atoms with van der Waals surface area (Å²) in [6, 6.07) is 11.7. The summed E-state index contributed by atoms with van der Waals surface area (Å²) in [5.74, 6) is -2.57. The summed E-state index contributed by atoms with van der Waals surface area (Å²) in [6.45, 7) is 3.94. The van der Waals surface area contributed by atoms with E-state index in [9.17, 15) is 18.8 Å². The molecule has 1 aliphatic rings. The van der Waals surface area contributed by atoms with Crippen LogP contribution in [0.15, 0.2) is 74.2 Å². The van der Waals surface area contributed by atoms with E-state index in [-0.39, 0.29) is 33.2 Å². The Bertz CT molecular complexity index is 1430. The zero-order valence-corrected chi connectivity index (χ0v) is 19.2.